The first-order valence-electron chi connectivity index (χ1n) is 6.36. The summed E-state index contributed by atoms with van der Waals surface area (Å²) >= 11 is 7.78. The second kappa shape index (κ2) is 5.32. The molecule has 0 bridgehead atoms. The van der Waals surface area contributed by atoms with Gasteiger partial charge in [0.15, 0.2) is 0 Å². The Hall–Kier alpha value is -0.750. The molecule has 3 rings (SSSR count). The smallest absolute Gasteiger partial charge is 0.145 e. The molecule has 0 spiro atoms. The van der Waals surface area contributed by atoms with Gasteiger partial charge in [0.1, 0.15) is 15.8 Å². The van der Waals surface area contributed by atoms with Crippen LogP contribution in [-0.2, 0) is 11.3 Å². The molecule has 0 aliphatic carbocycles. The lowest BCUT2D eigenvalue weighted by Crippen LogP contribution is -2.36. The second-order valence-electron chi connectivity index (χ2n) is 4.92. The Kier molecular flexibility index (Phi) is 3.71. The van der Waals surface area contributed by atoms with Crippen molar-refractivity contribution in [2.75, 3.05) is 13.7 Å². The van der Waals surface area contributed by atoms with Crippen molar-refractivity contribution in [1.82, 2.24) is 14.9 Å². The van der Waals surface area contributed by atoms with Gasteiger partial charge in [0, 0.05) is 18.0 Å². The van der Waals surface area contributed by atoms with Crippen LogP contribution in [0.4, 0.5) is 0 Å². The highest BCUT2D eigenvalue weighted by Gasteiger charge is 2.28. The van der Waals surface area contributed by atoms with E-state index in [2.05, 4.69) is 28.8 Å². The van der Waals surface area contributed by atoms with Crippen LogP contribution in [0, 0.1) is 0 Å². The fraction of sp³-hybridized carbons (Fsp3) is 0.538. The number of thiophene rings is 1. The first-order chi connectivity index (χ1) is 9.15. The van der Waals surface area contributed by atoms with Crippen LogP contribution >= 0.6 is 22.9 Å². The van der Waals surface area contributed by atoms with Gasteiger partial charge >= 0.3 is 0 Å². The van der Waals surface area contributed by atoms with E-state index in [-0.39, 0.29) is 6.10 Å². The largest absolute Gasteiger partial charge is 0.377 e. The Morgan fingerprint density at radius 1 is 1.53 bits per heavy atom. The maximum atomic E-state index is 6.19. The van der Waals surface area contributed by atoms with E-state index in [0.717, 1.165) is 29.1 Å². The summed E-state index contributed by atoms with van der Waals surface area (Å²) in [7, 11) is 2.09. The Morgan fingerprint density at radius 3 is 3.11 bits per heavy atom. The van der Waals surface area contributed by atoms with Crippen molar-refractivity contribution in [3.63, 3.8) is 0 Å². The fourth-order valence-electron chi connectivity index (χ4n) is 2.57. The SMILES string of the molecule is CC1OCCC1N(C)Cc1nc(Cl)c2ccsc2n1. The number of rotatable bonds is 3. The summed E-state index contributed by atoms with van der Waals surface area (Å²) in [6.07, 6.45) is 1.33. The van der Waals surface area contributed by atoms with E-state index in [4.69, 9.17) is 16.3 Å². The van der Waals surface area contributed by atoms with E-state index < -0.39 is 0 Å². The van der Waals surface area contributed by atoms with Crippen LogP contribution in [0.5, 0.6) is 0 Å². The van der Waals surface area contributed by atoms with Crippen molar-refractivity contribution in [3.05, 3.63) is 22.4 Å². The van der Waals surface area contributed by atoms with Gasteiger partial charge in [-0.15, -0.1) is 11.3 Å². The van der Waals surface area contributed by atoms with Gasteiger partial charge in [-0.1, -0.05) is 11.6 Å². The molecule has 4 nitrogen and oxygen atoms in total. The quantitative estimate of drug-likeness (QED) is 0.817. The van der Waals surface area contributed by atoms with Crippen LogP contribution in [0.1, 0.15) is 19.2 Å². The average Bonchev–Trinajstić information content (AvgIpc) is 2.97. The summed E-state index contributed by atoms with van der Waals surface area (Å²) in [6, 6.07) is 2.39. The molecule has 1 aliphatic rings. The van der Waals surface area contributed by atoms with E-state index in [1.165, 1.54) is 0 Å². The van der Waals surface area contributed by atoms with Crippen molar-refractivity contribution in [2.45, 2.75) is 32.0 Å². The van der Waals surface area contributed by atoms with E-state index in [1.54, 1.807) is 11.3 Å². The highest BCUT2D eigenvalue weighted by Crippen LogP contribution is 2.26. The van der Waals surface area contributed by atoms with Gasteiger partial charge in [-0.2, -0.15) is 0 Å². The second-order valence-corrected chi connectivity index (χ2v) is 6.17. The Bertz CT molecular complexity index is 588. The number of nitrogens with zero attached hydrogens (tertiary/aromatic N) is 3. The first kappa shape index (κ1) is 13.2. The lowest BCUT2D eigenvalue weighted by atomic mass is 10.1. The van der Waals surface area contributed by atoms with Crippen LogP contribution in [0.2, 0.25) is 5.15 Å². The molecule has 2 atom stereocenters. The van der Waals surface area contributed by atoms with Gasteiger partial charge in [-0.25, -0.2) is 9.97 Å². The molecule has 6 heteroatoms. The van der Waals surface area contributed by atoms with Crippen LogP contribution in [-0.4, -0.2) is 40.7 Å². The number of hydrogen-bond acceptors (Lipinski definition) is 5. The fourth-order valence-corrected chi connectivity index (χ4v) is 3.66. The van der Waals surface area contributed by atoms with Crippen molar-refractivity contribution in [1.29, 1.82) is 0 Å². The molecule has 0 radical (unpaired) electrons. The van der Waals surface area contributed by atoms with Crippen molar-refractivity contribution in [3.8, 4) is 0 Å². The maximum absolute atomic E-state index is 6.19. The summed E-state index contributed by atoms with van der Waals surface area (Å²) in [5.41, 5.74) is 0. The number of hydrogen-bond donors (Lipinski definition) is 0. The lowest BCUT2D eigenvalue weighted by Gasteiger charge is -2.25. The zero-order chi connectivity index (χ0) is 13.4. The normalized spacial score (nSPS) is 23.6. The summed E-state index contributed by atoms with van der Waals surface area (Å²) in [5.74, 6) is 0.779. The molecule has 0 amide bonds. The zero-order valence-corrected chi connectivity index (χ0v) is 12.5. The molecule has 2 aromatic rings. The maximum Gasteiger partial charge on any atom is 0.145 e. The molecular weight excluding hydrogens is 282 g/mol. The molecule has 2 unspecified atom stereocenters. The summed E-state index contributed by atoms with van der Waals surface area (Å²) in [4.78, 5) is 12.2. The van der Waals surface area contributed by atoms with Gasteiger partial charge in [-0.05, 0) is 31.8 Å². The highest BCUT2D eigenvalue weighted by molar-refractivity contribution is 7.16. The molecule has 0 aromatic carbocycles. The van der Waals surface area contributed by atoms with Crippen molar-refractivity contribution >= 4 is 33.2 Å². The molecular formula is C13H16ClN3OS. The number of likely N-dealkylation sites (N-methyl/N-ethyl adjacent to an activating group) is 1. The molecule has 102 valence electrons. The molecule has 1 saturated heterocycles. The average molecular weight is 298 g/mol. The van der Waals surface area contributed by atoms with Crippen molar-refractivity contribution in [2.24, 2.45) is 0 Å². The molecule has 2 aromatic heterocycles. The van der Waals surface area contributed by atoms with Gasteiger partial charge in [-0.3, -0.25) is 4.90 Å². The Labute approximate surface area is 121 Å². The molecule has 19 heavy (non-hydrogen) atoms. The third kappa shape index (κ3) is 2.60. The number of fused-ring (bicyclic) bond motifs is 1. The topological polar surface area (TPSA) is 38.2 Å². The molecule has 0 saturated carbocycles. The van der Waals surface area contributed by atoms with E-state index >= 15 is 0 Å². The minimum atomic E-state index is 0.269. The lowest BCUT2D eigenvalue weighted by molar-refractivity contribution is 0.0806. The minimum absolute atomic E-state index is 0.269. The molecule has 1 fully saturated rings. The van der Waals surface area contributed by atoms with Crippen LogP contribution in [0.15, 0.2) is 11.4 Å². The van der Waals surface area contributed by atoms with E-state index in [9.17, 15) is 0 Å². The van der Waals surface area contributed by atoms with Gasteiger partial charge in [0.05, 0.1) is 12.6 Å². The minimum Gasteiger partial charge on any atom is -0.377 e. The number of ether oxygens (including phenoxy) is 1. The summed E-state index contributed by atoms with van der Waals surface area (Å²) in [6.45, 7) is 3.65. The summed E-state index contributed by atoms with van der Waals surface area (Å²) < 4.78 is 5.60. The third-order valence-electron chi connectivity index (χ3n) is 3.62. The van der Waals surface area contributed by atoms with Gasteiger partial charge in [0.25, 0.3) is 0 Å². The van der Waals surface area contributed by atoms with Crippen LogP contribution in [0.25, 0.3) is 10.2 Å². The number of aromatic nitrogens is 2. The monoisotopic (exact) mass is 297 g/mol. The van der Waals surface area contributed by atoms with Crippen LogP contribution in [0.3, 0.4) is 0 Å². The van der Waals surface area contributed by atoms with Crippen LogP contribution < -0.4 is 0 Å². The molecule has 0 N–H and O–H groups in total. The molecule has 1 aliphatic heterocycles. The Balaban J connectivity index is 1.80. The van der Waals surface area contributed by atoms with E-state index in [0.29, 0.717) is 17.7 Å². The third-order valence-corrected chi connectivity index (χ3v) is 4.71. The van der Waals surface area contributed by atoms with Crippen molar-refractivity contribution < 1.29 is 4.74 Å². The number of halogens is 1. The van der Waals surface area contributed by atoms with Gasteiger partial charge < -0.3 is 4.74 Å². The first-order valence-corrected chi connectivity index (χ1v) is 7.62. The standard InChI is InChI=1S/C13H16ClN3OS/c1-8-10(3-5-18-8)17(2)7-11-15-12(14)9-4-6-19-13(9)16-11/h4,6,8,10H,3,5,7H2,1-2H3. The Morgan fingerprint density at radius 2 is 2.37 bits per heavy atom. The van der Waals surface area contributed by atoms with Gasteiger partial charge in [0.2, 0.25) is 0 Å². The highest BCUT2D eigenvalue weighted by atomic mass is 35.5. The predicted molar refractivity (Wildman–Crippen MR) is 77.7 cm³/mol. The predicted octanol–water partition coefficient (Wildman–Crippen LogP) is 2.95. The van der Waals surface area contributed by atoms with E-state index in [1.807, 2.05) is 11.4 Å². The zero-order valence-electron chi connectivity index (χ0n) is 11.0. The summed E-state index contributed by atoms with van der Waals surface area (Å²) in [5, 5.41) is 3.48. The molecule has 3 heterocycles.